The Kier molecular flexibility index (Phi) is 7.76. The van der Waals surface area contributed by atoms with Crippen LogP contribution in [0.15, 0.2) is 0 Å². The largest absolute Gasteiger partial charge is 0.385 e. The molecule has 0 saturated heterocycles. The number of hydrogen-bond donors (Lipinski definition) is 2. The molecule has 1 aromatic heterocycles. The van der Waals surface area contributed by atoms with Crippen molar-refractivity contribution in [3.63, 3.8) is 0 Å². The number of rotatable bonds is 10. The summed E-state index contributed by atoms with van der Waals surface area (Å²) in [5.74, 6) is 5.18. The Labute approximate surface area is 104 Å². The first-order valence-corrected chi connectivity index (χ1v) is 6.12. The molecule has 0 bridgehead atoms. The lowest BCUT2D eigenvalue weighted by atomic mass is 10.5. The Balaban J connectivity index is 1.93. The summed E-state index contributed by atoms with van der Waals surface area (Å²) in [5.41, 5.74) is 2.43. The lowest BCUT2D eigenvalue weighted by molar-refractivity contribution is 0.0335. The first-order valence-electron chi connectivity index (χ1n) is 5.30. The fourth-order valence-electron chi connectivity index (χ4n) is 1.05. The maximum absolute atomic E-state index is 5.37. The number of methoxy groups -OCH3 is 1. The maximum atomic E-state index is 5.37. The first-order chi connectivity index (χ1) is 8.36. The molecule has 0 atom stereocenters. The lowest BCUT2D eigenvalue weighted by Crippen LogP contribution is -2.06. The molecule has 0 aliphatic rings. The Morgan fingerprint density at radius 2 is 2.00 bits per heavy atom. The summed E-state index contributed by atoms with van der Waals surface area (Å²) in [5, 5.41) is 9.05. The van der Waals surface area contributed by atoms with Crippen LogP contribution in [0.3, 0.4) is 0 Å². The topological polar surface area (TPSA) is 91.5 Å². The number of ether oxygens (including phenoxy) is 3. The number of hydrazine groups is 1. The van der Waals surface area contributed by atoms with Crippen LogP contribution in [-0.4, -0.2) is 43.7 Å². The van der Waals surface area contributed by atoms with Gasteiger partial charge in [0.2, 0.25) is 5.13 Å². The number of nitrogens with two attached hydrogens (primary N) is 1. The maximum Gasteiger partial charge on any atom is 0.219 e. The highest BCUT2D eigenvalue weighted by Crippen LogP contribution is 2.13. The lowest BCUT2D eigenvalue weighted by Gasteiger charge is -2.03. The number of nitrogens with one attached hydrogen (secondary N) is 1. The third-order valence-corrected chi connectivity index (χ3v) is 2.65. The molecule has 7 nitrogen and oxygen atoms in total. The highest BCUT2D eigenvalue weighted by atomic mass is 32.1. The van der Waals surface area contributed by atoms with Crippen molar-refractivity contribution in [2.45, 2.75) is 13.0 Å². The van der Waals surface area contributed by atoms with E-state index in [-0.39, 0.29) is 0 Å². The summed E-state index contributed by atoms with van der Waals surface area (Å²) in [4.78, 5) is 0. The third kappa shape index (κ3) is 6.49. The van der Waals surface area contributed by atoms with Crippen molar-refractivity contribution < 1.29 is 14.2 Å². The van der Waals surface area contributed by atoms with E-state index in [9.17, 15) is 0 Å². The second-order valence-electron chi connectivity index (χ2n) is 3.16. The SMILES string of the molecule is COCCCOCCOCc1nnc(NN)s1. The Bertz CT molecular complexity index is 298. The average Bonchev–Trinajstić information content (AvgIpc) is 2.80. The number of aromatic nitrogens is 2. The molecule has 98 valence electrons. The van der Waals surface area contributed by atoms with E-state index < -0.39 is 0 Å². The van der Waals surface area contributed by atoms with Crippen LogP contribution in [0.1, 0.15) is 11.4 Å². The van der Waals surface area contributed by atoms with E-state index in [1.165, 1.54) is 11.3 Å². The predicted molar refractivity (Wildman–Crippen MR) is 64.7 cm³/mol. The second kappa shape index (κ2) is 9.25. The van der Waals surface area contributed by atoms with Crippen molar-refractivity contribution in [2.24, 2.45) is 5.84 Å². The van der Waals surface area contributed by atoms with Crippen LogP contribution in [0.2, 0.25) is 0 Å². The van der Waals surface area contributed by atoms with E-state index in [2.05, 4.69) is 15.6 Å². The Hall–Kier alpha value is -0.800. The van der Waals surface area contributed by atoms with E-state index >= 15 is 0 Å². The fraction of sp³-hybridized carbons (Fsp3) is 0.778. The zero-order chi connectivity index (χ0) is 12.3. The second-order valence-corrected chi connectivity index (χ2v) is 4.22. The van der Waals surface area contributed by atoms with Crippen LogP contribution in [0, 0.1) is 0 Å². The minimum Gasteiger partial charge on any atom is -0.385 e. The van der Waals surface area contributed by atoms with Gasteiger partial charge < -0.3 is 14.2 Å². The molecule has 1 heterocycles. The predicted octanol–water partition coefficient (Wildman–Crippen LogP) is 0.393. The molecule has 0 radical (unpaired) electrons. The van der Waals surface area contributed by atoms with Crippen LogP contribution < -0.4 is 11.3 Å². The van der Waals surface area contributed by atoms with Crippen LogP contribution in [0.25, 0.3) is 0 Å². The molecule has 0 amide bonds. The van der Waals surface area contributed by atoms with Gasteiger partial charge in [-0.15, -0.1) is 10.2 Å². The van der Waals surface area contributed by atoms with Gasteiger partial charge in [-0.1, -0.05) is 11.3 Å². The summed E-state index contributed by atoms with van der Waals surface area (Å²) in [6.45, 7) is 2.96. The molecule has 3 N–H and O–H groups in total. The Morgan fingerprint density at radius 3 is 2.71 bits per heavy atom. The molecule has 0 fully saturated rings. The zero-order valence-electron chi connectivity index (χ0n) is 9.85. The number of hydrogen-bond acceptors (Lipinski definition) is 8. The van der Waals surface area contributed by atoms with Gasteiger partial charge in [0.25, 0.3) is 0 Å². The van der Waals surface area contributed by atoms with Crippen molar-refractivity contribution in [3.05, 3.63) is 5.01 Å². The standard InChI is InChI=1S/C9H18N4O3S/c1-14-3-2-4-15-5-6-16-7-8-12-13-9(11-10)17-8/h2-7,10H2,1H3,(H,11,13). The number of nitrogens with zero attached hydrogens (tertiary/aromatic N) is 2. The first kappa shape index (κ1) is 14.3. The number of anilines is 1. The van der Waals surface area contributed by atoms with E-state index in [1.54, 1.807) is 7.11 Å². The normalized spacial score (nSPS) is 10.7. The molecular weight excluding hydrogens is 244 g/mol. The molecule has 0 unspecified atom stereocenters. The molecular formula is C9H18N4O3S. The summed E-state index contributed by atoms with van der Waals surface area (Å²) in [6, 6.07) is 0. The third-order valence-electron chi connectivity index (χ3n) is 1.83. The van der Waals surface area contributed by atoms with Gasteiger partial charge in [-0.3, -0.25) is 5.43 Å². The quantitative estimate of drug-likeness (QED) is 0.358. The monoisotopic (exact) mass is 262 g/mol. The van der Waals surface area contributed by atoms with Gasteiger partial charge in [0.15, 0.2) is 0 Å². The highest BCUT2D eigenvalue weighted by Gasteiger charge is 2.02. The zero-order valence-corrected chi connectivity index (χ0v) is 10.7. The molecule has 0 saturated carbocycles. The average molecular weight is 262 g/mol. The molecule has 17 heavy (non-hydrogen) atoms. The van der Waals surface area contributed by atoms with E-state index in [1.807, 2.05) is 0 Å². The summed E-state index contributed by atoms with van der Waals surface area (Å²) in [6.07, 6.45) is 0.901. The Morgan fingerprint density at radius 1 is 1.18 bits per heavy atom. The summed E-state index contributed by atoms with van der Waals surface area (Å²) in [7, 11) is 1.68. The molecule has 1 aromatic rings. The van der Waals surface area contributed by atoms with Gasteiger partial charge in [-0.2, -0.15) is 0 Å². The van der Waals surface area contributed by atoms with Crippen LogP contribution in [-0.2, 0) is 20.8 Å². The van der Waals surface area contributed by atoms with E-state index in [0.29, 0.717) is 31.6 Å². The van der Waals surface area contributed by atoms with Crippen molar-refractivity contribution in [3.8, 4) is 0 Å². The molecule has 0 aliphatic carbocycles. The van der Waals surface area contributed by atoms with Crippen LogP contribution in [0.4, 0.5) is 5.13 Å². The molecule has 0 aromatic carbocycles. The van der Waals surface area contributed by atoms with E-state index in [4.69, 9.17) is 20.1 Å². The molecule has 8 heteroatoms. The molecule has 1 rings (SSSR count). The van der Waals surface area contributed by atoms with Gasteiger partial charge >= 0.3 is 0 Å². The smallest absolute Gasteiger partial charge is 0.219 e. The van der Waals surface area contributed by atoms with Crippen LogP contribution >= 0.6 is 11.3 Å². The van der Waals surface area contributed by atoms with E-state index in [0.717, 1.165) is 18.0 Å². The highest BCUT2D eigenvalue weighted by molar-refractivity contribution is 7.15. The van der Waals surface area contributed by atoms with Crippen molar-refractivity contribution in [1.82, 2.24) is 10.2 Å². The van der Waals surface area contributed by atoms with Crippen molar-refractivity contribution in [2.75, 3.05) is 39.0 Å². The van der Waals surface area contributed by atoms with Gasteiger partial charge in [-0.05, 0) is 6.42 Å². The van der Waals surface area contributed by atoms with Gasteiger partial charge in [0.05, 0.1) is 13.2 Å². The number of nitrogen functional groups attached to an aromatic ring is 1. The van der Waals surface area contributed by atoms with Crippen LogP contribution in [0.5, 0.6) is 0 Å². The van der Waals surface area contributed by atoms with Gasteiger partial charge in [-0.25, -0.2) is 5.84 Å². The minimum atomic E-state index is 0.431. The van der Waals surface area contributed by atoms with Crippen molar-refractivity contribution >= 4 is 16.5 Å². The molecule has 0 spiro atoms. The van der Waals surface area contributed by atoms with Gasteiger partial charge in [0.1, 0.15) is 11.6 Å². The van der Waals surface area contributed by atoms with Gasteiger partial charge in [0, 0.05) is 20.3 Å². The minimum absolute atomic E-state index is 0.431. The summed E-state index contributed by atoms with van der Waals surface area (Å²) < 4.78 is 15.6. The molecule has 0 aliphatic heterocycles. The fourth-order valence-corrected chi connectivity index (χ4v) is 1.64. The summed E-state index contributed by atoms with van der Waals surface area (Å²) >= 11 is 1.37. The van der Waals surface area contributed by atoms with Crippen molar-refractivity contribution in [1.29, 1.82) is 0 Å².